The van der Waals surface area contributed by atoms with Gasteiger partial charge < -0.3 is 5.32 Å². The molecule has 0 saturated carbocycles. The molecule has 5 nitrogen and oxygen atoms in total. The number of rotatable bonds is 5. The number of terminal acetylenes is 1. The van der Waals surface area contributed by atoms with Crippen LogP contribution in [-0.2, 0) is 14.6 Å². The molecule has 1 heterocycles. The highest BCUT2D eigenvalue weighted by molar-refractivity contribution is 7.90. The Bertz CT molecular complexity index is 712. The fourth-order valence-electron chi connectivity index (χ4n) is 2.90. The second kappa shape index (κ2) is 7.82. The first-order valence-electron chi connectivity index (χ1n) is 8.07. The van der Waals surface area contributed by atoms with Gasteiger partial charge >= 0.3 is 0 Å². The number of carbonyl (C=O) groups excluding carboxylic acids is 1. The van der Waals surface area contributed by atoms with Crippen molar-refractivity contribution in [2.45, 2.75) is 30.7 Å². The summed E-state index contributed by atoms with van der Waals surface area (Å²) < 4.78 is 23.0. The van der Waals surface area contributed by atoms with Crippen LogP contribution in [0.5, 0.6) is 0 Å². The molecule has 1 aromatic rings. The minimum Gasteiger partial charge on any atom is -0.349 e. The third-order valence-corrected chi connectivity index (χ3v) is 5.57. The van der Waals surface area contributed by atoms with Crippen molar-refractivity contribution >= 4 is 15.7 Å². The van der Waals surface area contributed by atoms with Gasteiger partial charge in [0, 0.05) is 12.2 Å². The number of piperidine rings is 1. The second-order valence-electron chi connectivity index (χ2n) is 6.33. The van der Waals surface area contributed by atoms with Gasteiger partial charge in [-0.2, -0.15) is 0 Å². The highest BCUT2D eigenvalue weighted by atomic mass is 32.2. The van der Waals surface area contributed by atoms with Gasteiger partial charge in [-0.05, 0) is 50.6 Å². The van der Waals surface area contributed by atoms with Crippen LogP contribution in [0.1, 0.15) is 31.4 Å². The van der Waals surface area contributed by atoms with Gasteiger partial charge in [0.05, 0.1) is 17.5 Å². The van der Waals surface area contributed by atoms with Gasteiger partial charge in [0.1, 0.15) is 0 Å². The number of likely N-dealkylation sites (tertiary alicyclic amines) is 1. The number of carbonyl (C=O) groups is 1. The van der Waals surface area contributed by atoms with Crippen molar-refractivity contribution in [1.29, 1.82) is 0 Å². The molecule has 0 aliphatic carbocycles. The molecule has 1 aliphatic rings. The maximum absolute atomic E-state index is 12.4. The van der Waals surface area contributed by atoms with E-state index in [1.54, 1.807) is 24.3 Å². The van der Waals surface area contributed by atoms with Crippen molar-refractivity contribution < 1.29 is 13.2 Å². The number of amides is 1. The number of hydrogen-bond donors (Lipinski definition) is 1. The third kappa shape index (κ3) is 4.83. The summed E-state index contributed by atoms with van der Waals surface area (Å²) in [5, 5.41) is 3.02. The average molecular weight is 348 g/mol. The van der Waals surface area contributed by atoms with Crippen molar-refractivity contribution in [3.05, 3.63) is 29.8 Å². The van der Waals surface area contributed by atoms with Crippen LogP contribution in [0.4, 0.5) is 0 Å². The number of nitrogens with zero attached hydrogens (tertiary/aromatic N) is 1. The van der Waals surface area contributed by atoms with Gasteiger partial charge in [0.2, 0.25) is 5.91 Å². The highest BCUT2D eigenvalue weighted by Gasteiger charge is 2.25. The summed E-state index contributed by atoms with van der Waals surface area (Å²) in [6.45, 7) is 4.23. The summed E-state index contributed by atoms with van der Waals surface area (Å²) >= 11 is 0. The molecule has 1 atom stereocenters. The third-order valence-electron chi connectivity index (χ3n) is 4.44. The molecule has 1 N–H and O–H groups in total. The van der Waals surface area contributed by atoms with Crippen LogP contribution in [0.3, 0.4) is 0 Å². The zero-order chi connectivity index (χ0) is 17.7. The van der Waals surface area contributed by atoms with E-state index >= 15 is 0 Å². The Hall–Kier alpha value is -1.84. The predicted molar refractivity (Wildman–Crippen MR) is 94.1 cm³/mol. The Morgan fingerprint density at radius 3 is 2.42 bits per heavy atom. The minimum absolute atomic E-state index is 0.0109. The Balaban J connectivity index is 1.91. The molecule has 0 spiro atoms. The lowest BCUT2D eigenvalue weighted by molar-refractivity contribution is -0.127. The Kier molecular flexibility index (Phi) is 6.03. The summed E-state index contributed by atoms with van der Waals surface area (Å²) in [6.07, 6.45) is 8.12. The van der Waals surface area contributed by atoms with Crippen molar-refractivity contribution in [3.8, 4) is 12.3 Å². The Labute approximate surface area is 144 Å². The monoisotopic (exact) mass is 348 g/mol. The lowest BCUT2D eigenvalue weighted by Crippen LogP contribution is -2.41. The number of nitrogens with one attached hydrogen (secondary N) is 1. The normalized spacial score (nSPS) is 17.9. The second-order valence-corrected chi connectivity index (χ2v) is 8.34. The smallest absolute Gasteiger partial charge is 0.223 e. The first-order valence-corrected chi connectivity index (χ1v) is 9.96. The molecule has 1 unspecified atom stereocenters. The van der Waals surface area contributed by atoms with Gasteiger partial charge in [-0.3, -0.25) is 9.69 Å². The number of sulfone groups is 1. The van der Waals surface area contributed by atoms with E-state index in [2.05, 4.69) is 16.1 Å². The highest BCUT2D eigenvalue weighted by Crippen LogP contribution is 2.20. The molecule has 1 aliphatic heterocycles. The molecule has 24 heavy (non-hydrogen) atoms. The van der Waals surface area contributed by atoms with Gasteiger partial charge in [0.25, 0.3) is 0 Å². The van der Waals surface area contributed by atoms with Crippen LogP contribution in [0.15, 0.2) is 29.2 Å². The average Bonchev–Trinajstić information content (AvgIpc) is 2.55. The first-order chi connectivity index (χ1) is 11.3. The van der Waals surface area contributed by atoms with Crippen molar-refractivity contribution in [2.24, 2.45) is 5.92 Å². The molecule has 0 bridgehead atoms. The van der Waals surface area contributed by atoms with Crippen LogP contribution in [0.25, 0.3) is 0 Å². The van der Waals surface area contributed by atoms with E-state index in [1.807, 2.05) is 6.92 Å². The fourth-order valence-corrected chi connectivity index (χ4v) is 3.53. The first kappa shape index (κ1) is 18.5. The zero-order valence-corrected chi connectivity index (χ0v) is 15.0. The molecule has 1 amide bonds. The topological polar surface area (TPSA) is 66.5 Å². The molecule has 0 radical (unpaired) electrons. The Morgan fingerprint density at radius 2 is 1.92 bits per heavy atom. The fraction of sp³-hybridized carbons (Fsp3) is 0.500. The standard InChI is InChI=1S/C18H24N2O3S/c1-4-11-20-12-9-16(10-13-20)18(21)19-14(2)15-5-7-17(8-6-15)24(3,22)23/h1,5-8,14,16H,9-13H2,2-3H3,(H,19,21). The maximum Gasteiger partial charge on any atom is 0.223 e. The summed E-state index contributed by atoms with van der Waals surface area (Å²) in [5.41, 5.74) is 0.889. The van der Waals surface area contributed by atoms with Crippen LogP contribution in [-0.4, -0.2) is 45.1 Å². The number of benzene rings is 1. The van der Waals surface area contributed by atoms with Crippen molar-refractivity contribution in [1.82, 2.24) is 10.2 Å². The summed E-state index contributed by atoms with van der Waals surface area (Å²) in [7, 11) is -3.20. The molecular formula is C18H24N2O3S. The van der Waals surface area contributed by atoms with E-state index in [1.165, 1.54) is 6.26 Å². The maximum atomic E-state index is 12.4. The largest absolute Gasteiger partial charge is 0.349 e. The predicted octanol–water partition coefficient (Wildman–Crippen LogP) is 1.61. The summed E-state index contributed by atoms with van der Waals surface area (Å²) in [5.74, 6) is 2.69. The van der Waals surface area contributed by atoms with Gasteiger partial charge in [-0.1, -0.05) is 18.1 Å². The van der Waals surface area contributed by atoms with Crippen LogP contribution in [0, 0.1) is 18.3 Å². The summed E-state index contributed by atoms with van der Waals surface area (Å²) in [6, 6.07) is 6.49. The quantitative estimate of drug-likeness (QED) is 0.821. The Morgan fingerprint density at radius 1 is 1.33 bits per heavy atom. The van der Waals surface area contributed by atoms with Gasteiger partial charge in [-0.15, -0.1) is 6.42 Å². The lowest BCUT2D eigenvalue weighted by atomic mass is 9.95. The van der Waals surface area contributed by atoms with Crippen LogP contribution in [0.2, 0.25) is 0 Å². The lowest BCUT2D eigenvalue weighted by Gasteiger charge is -2.30. The summed E-state index contributed by atoms with van der Waals surface area (Å²) in [4.78, 5) is 14.9. The van der Waals surface area contributed by atoms with E-state index < -0.39 is 9.84 Å². The molecule has 0 aromatic heterocycles. The molecule has 2 rings (SSSR count). The van der Waals surface area contributed by atoms with Crippen LogP contribution >= 0.6 is 0 Å². The SMILES string of the molecule is C#CCN1CCC(C(=O)NC(C)c2ccc(S(C)(=O)=O)cc2)CC1. The number of hydrogen-bond acceptors (Lipinski definition) is 4. The zero-order valence-electron chi connectivity index (χ0n) is 14.2. The van der Waals surface area contributed by atoms with Crippen LogP contribution < -0.4 is 5.32 Å². The molecule has 130 valence electrons. The van der Waals surface area contributed by atoms with Crippen molar-refractivity contribution in [3.63, 3.8) is 0 Å². The molecule has 1 fully saturated rings. The minimum atomic E-state index is -3.20. The van der Waals surface area contributed by atoms with E-state index in [0.717, 1.165) is 31.5 Å². The van der Waals surface area contributed by atoms with E-state index in [0.29, 0.717) is 6.54 Å². The molecule has 6 heteroatoms. The molecule has 1 aromatic carbocycles. The van der Waals surface area contributed by atoms with E-state index in [4.69, 9.17) is 6.42 Å². The van der Waals surface area contributed by atoms with Gasteiger partial charge in [0.15, 0.2) is 9.84 Å². The van der Waals surface area contributed by atoms with Gasteiger partial charge in [-0.25, -0.2) is 8.42 Å². The van der Waals surface area contributed by atoms with Crippen molar-refractivity contribution in [2.75, 3.05) is 25.9 Å². The van der Waals surface area contributed by atoms with E-state index in [-0.39, 0.29) is 22.8 Å². The van der Waals surface area contributed by atoms with E-state index in [9.17, 15) is 13.2 Å². The molecular weight excluding hydrogens is 324 g/mol. The molecule has 1 saturated heterocycles.